The zero-order valence-corrected chi connectivity index (χ0v) is 14.3. The van der Waals surface area contributed by atoms with Crippen LogP contribution in [0.4, 0.5) is 5.95 Å². The number of nitrogens with zero attached hydrogens (tertiary/aromatic N) is 4. The number of aromatic nitrogens is 5. The van der Waals surface area contributed by atoms with E-state index in [9.17, 15) is 4.79 Å². The molecule has 0 saturated carbocycles. The average molecular weight is 400 g/mol. The SMILES string of the molecule is O=C(CSc1[se]nnc1-c1cccc(Cl)c1)Nc1ncn[nH]1. The first-order valence-electron chi connectivity index (χ1n) is 6.08. The Labute approximate surface area is 140 Å². The summed E-state index contributed by atoms with van der Waals surface area (Å²) >= 11 is 7.32. The molecule has 3 aromatic rings. The van der Waals surface area contributed by atoms with Gasteiger partial charge in [0.2, 0.25) is 0 Å². The van der Waals surface area contributed by atoms with Crippen LogP contribution in [0.5, 0.6) is 0 Å². The van der Waals surface area contributed by atoms with Crippen LogP contribution in [0.3, 0.4) is 0 Å². The molecule has 0 aliphatic heterocycles. The van der Waals surface area contributed by atoms with Crippen LogP contribution in [0.25, 0.3) is 11.3 Å². The number of aromatic amines is 1. The number of H-pyrrole nitrogens is 1. The van der Waals surface area contributed by atoms with Crippen molar-refractivity contribution >= 4 is 50.0 Å². The molecule has 0 fully saturated rings. The van der Waals surface area contributed by atoms with Gasteiger partial charge in [-0.2, -0.15) is 0 Å². The zero-order valence-electron chi connectivity index (χ0n) is 11.0. The first-order chi connectivity index (χ1) is 10.7. The summed E-state index contributed by atoms with van der Waals surface area (Å²) in [6, 6.07) is 7.44. The minimum absolute atomic E-state index is 0.102. The van der Waals surface area contributed by atoms with Crippen molar-refractivity contribution in [1.82, 2.24) is 24.4 Å². The van der Waals surface area contributed by atoms with E-state index in [4.69, 9.17) is 11.6 Å². The van der Waals surface area contributed by atoms with E-state index in [0.717, 1.165) is 15.0 Å². The molecule has 7 nitrogen and oxygen atoms in total. The molecule has 0 spiro atoms. The molecule has 2 aromatic heterocycles. The van der Waals surface area contributed by atoms with Gasteiger partial charge in [-0.3, -0.25) is 0 Å². The first-order valence-corrected chi connectivity index (χ1v) is 9.07. The molecule has 0 radical (unpaired) electrons. The van der Waals surface area contributed by atoms with Crippen LogP contribution < -0.4 is 5.32 Å². The van der Waals surface area contributed by atoms with E-state index in [2.05, 4.69) is 29.7 Å². The predicted octanol–water partition coefficient (Wildman–Crippen LogP) is 1.70. The second-order valence-electron chi connectivity index (χ2n) is 4.09. The van der Waals surface area contributed by atoms with Crippen molar-refractivity contribution in [1.29, 1.82) is 0 Å². The Kier molecular flexibility index (Phi) is 4.89. The molecule has 2 N–H and O–H groups in total. The fraction of sp³-hybridized carbons (Fsp3) is 0.0833. The number of anilines is 1. The van der Waals surface area contributed by atoms with Gasteiger partial charge in [0.15, 0.2) is 0 Å². The Balaban J connectivity index is 1.66. The third-order valence-electron chi connectivity index (χ3n) is 2.56. The van der Waals surface area contributed by atoms with E-state index in [1.54, 1.807) is 6.07 Å². The number of carbonyl (C=O) groups excluding carboxylic acids is 1. The van der Waals surface area contributed by atoms with Gasteiger partial charge in [-0.25, -0.2) is 0 Å². The topological polar surface area (TPSA) is 96.5 Å². The number of benzene rings is 1. The average Bonchev–Trinajstić information content (AvgIpc) is 3.16. The number of nitrogens with one attached hydrogen (secondary N) is 2. The maximum absolute atomic E-state index is 11.8. The Morgan fingerprint density at radius 3 is 3.14 bits per heavy atom. The summed E-state index contributed by atoms with van der Waals surface area (Å²) in [6.07, 6.45) is 1.33. The van der Waals surface area contributed by atoms with Crippen molar-refractivity contribution in [2.24, 2.45) is 0 Å². The molecule has 112 valence electrons. The molecule has 0 aliphatic carbocycles. The summed E-state index contributed by atoms with van der Waals surface area (Å²) in [5.74, 6) is 0.427. The quantitative estimate of drug-likeness (QED) is 0.501. The van der Waals surface area contributed by atoms with E-state index in [1.165, 1.54) is 18.1 Å². The number of hydrogen-bond donors (Lipinski definition) is 2. The summed E-state index contributed by atoms with van der Waals surface area (Å²) in [6.45, 7) is 0. The van der Waals surface area contributed by atoms with Gasteiger partial charge >= 0.3 is 141 Å². The molecule has 0 saturated heterocycles. The van der Waals surface area contributed by atoms with Gasteiger partial charge in [0, 0.05) is 0 Å². The van der Waals surface area contributed by atoms with E-state index >= 15 is 0 Å². The second kappa shape index (κ2) is 7.06. The van der Waals surface area contributed by atoms with E-state index in [-0.39, 0.29) is 26.4 Å². The molecular weight excluding hydrogens is 391 g/mol. The van der Waals surface area contributed by atoms with Gasteiger partial charge < -0.3 is 0 Å². The van der Waals surface area contributed by atoms with Crippen LogP contribution in [0.15, 0.2) is 34.4 Å². The minimum atomic E-state index is -0.164. The van der Waals surface area contributed by atoms with Crippen molar-refractivity contribution in [2.45, 2.75) is 3.77 Å². The fourth-order valence-corrected chi connectivity index (χ4v) is 4.33. The van der Waals surface area contributed by atoms with Gasteiger partial charge in [-0.15, -0.1) is 0 Å². The Morgan fingerprint density at radius 1 is 1.45 bits per heavy atom. The van der Waals surface area contributed by atoms with Gasteiger partial charge in [0.05, 0.1) is 0 Å². The molecule has 1 aromatic carbocycles. The standard InChI is InChI=1S/C12H9ClN6OSSe/c13-8-3-1-2-7(4-8)10-11(22-19-17-10)21-5-9(20)16-12-14-6-15-18-12/h1-4,6H,5H2,(H2,14,15,16,18,20). The normalized spacial score (nSPS) is 10.6. The molecule has 2 heterocycles. The molecule has 10 heteroatoms. The van der Waals surface area contributed by atoms with Crippen molar-refractivity contribution in [3.8, 4) is 11.3 Å². The second-order valence-corrected chi connectivity index (χ2v) is 7.68. The molecule has 1 amide bonds. The van der Waals surface area contributed by atoms with Crippen LogP contribution in [0.2, 0.25) is 5.02 Å². The van der Waals surface area contributed by atoms with Crippen LogP contribution in [0, 0.1) is 0 Å². The summed E-state index contributed by atoms with van der Waals surface area (Å²) < 4.78 is 5.10. The molecular formula is C12H9ClN6OSSe. The number of amides is 1. The van der Waals surface area contributed by atoms with Crippen molar-refractivity contribution in [3.05, 3.63) is 35.6 Å². The summed E-state index contributed by atoms with van der Waals surface area (Å²) in [5, 5.41) is 13.7. The number of rotatable bonds is 5. The zero-order chi connectivity index (χ0) is 15.4. The number of halogens is 1. The molecule has 22 heavy (non-hydrogen) atoms. The molecule has 3 rings (SSSR count). The van der Waals surface area contributed by atoms with Crippen LogP contribution in [-0.4, -0.2) is 50.8 Å². The van der Waals surface area contributed by atoms with Crippen LogP contribution >= 0.6 is 23.4 Å². The van der Waals surface area contributed by atoms with Gasteiger partial charge in [-0.1, -0.05) is 0 Å². The summed E-state index contributed by atoms with van der Waals surface area (Å²) in [7, 11) is 0. The van der Waals surface area contributed by atoms with Gasteiger partial charge in [-0.05, 0) is 0 Å². The van der Waals surface area contributed by atoms with E-state index in [1.807, 2.05) is 18.2 Å². The fourth-order valence-electron chi connectivity index (χ4n) is 1.65. The molecule has 0 aliphatic rings. The molecule has 0 atom stereocenters. The summed E-state index contributed by atoms with van der Waals surface area (Å²) in [4.78, 5) is 15.7. The summed E-state index contributed by atoms with van der Waals surface area (Å²) in [5.41, 5.74) is 1.70. The van der Waals surface area contributed by atoms with Gasteiger partial charge in [0.25, 0.3) is 0 Å². The Hall–Kier alpha value is -1.67. The van der Waals surface area contributed by atoms with Crippen molar-refractivity contribution in [3.63, 3.8) is 0 Å². The number of thioether (sulfide) groups is 1. The van der Waals surface area contributed by atoms with E-state index in [0.29, 0.717) is 11.0 Å². The number of carbonyl (C=O) groups is 1. The van der Waals surface area contributed by atoms with Crippen LogP contribution in [0.1, 0.15) is 0 Å². The number of hydrogen-bond acceptors (Lipinski definition) is 6. The molecule has 0 unspecified atom stereocenters. The monoisotopic (exact) mass is 400 g/mol. The maximum atomic E-state index is 11.8. The third kappa shape index (κ3) is 3.75. The van der Waals surface area contributed by atoms with Crippen LogP contribution in [-0.2, 0) is 4.79 Å². The Morgan fingerprint density at radius 2 is 2.36 bits per heavy atom. The van der Waals surface area contributed by atoms with Crippen molar-refractivity contribution < 1.29 is 4.79 Å². The predicted molar refractivity (Wildman–Crippen MR) is 85.2 cm³/mol. The van der Waals surface area contributed by atoms with E-state index < -0.39 is 0 Å². The van der Waals surface area contributed by atoms with Gasteiger partial charge in [0.1, 0.15) is 0 Å². The first kappa shape index (κ1) is 15.2. The molecule has 0 bridgehead atoms. The van der Waals surface area contributed by atoms with Crippen molar-refractivity contribution in [2.75, 3.05) is 11.1 Å². The third-order valence-corrected chi connectivity index (χ3v) is 5.89. The Bertz CT molecular complexity index is 778.